The van der Waals surface area contributed by atoms with Gasteiger partial charge in [-0.05, 0) is 36.8 Å². The first-order valence-corrected chi connectivity index (χ1v) is 5.29. The molecule has 1 aromatic carbocycles. The lowest BCUT2D eigenvalue weighted by Crippen LogP contribution is -2.10. The minimum absolute atomic E-state index is 0.268. The Morgan fingerprint density at radius 2 is 2.00 bits per heavy atom. The van der Waals surface area contributed by atoms with Crippen molar-refractivity contribution in [3.05, 3.63) is 54.0 Å². The van der Waals surface area contributed by atoms with Crippen LogP contribution < -0.4 is 5.32 Å². The van der Waals surface area contributed by atoms with Gasteiger partial charge in [0.05, 0.1) is 12.4 Å². The van der Waals surface area contributed by atoms with Crippen LogP contribution in [0.1, 0.15) is 29.1 Å². The van der Waals surface area contributed by atoms with Crippen LogP contribution in [-0.2, 0) is 0 Å². The number of rotatable bonds is 3. The van der Waals surface area contributed by atoms with E-state index in [1.165, 1.54) is 6.26 Å². The van der Waals surface area contributed by atoms with Crippen LogP contribution in [0.2, 0.25) is 0 Å². The summed E-state index contributed by atoms with van der Waals surface area (Å²) >= 11 is 0. The van der Waals surface area contributed by atoms with Crippen LogP contribution in [0, 0.1) is 0 Å². The largest absolute Gasteiger partial charge is 0.459 e. The van der Waals surface area contributed by atoms with Gasteiger partial charge in [0.1, 0.15) is 0 Å². The van der Waals surface area contributed by atoms with Crippen LogP contribution in [0.25, 0.3) is 0 Å². The molecule has 0 spiro atoms. The van der Waals surface area contributed by atoms with Crippen LogP contribution >= 0.6 is 0 Å². The van der Waals surface area contributed by atoms with Gasteiger partial charge in [-0.1, -0.05) is 12.1 Å². The second kappa shape index (κ2) is 4.84. The minimum Gasteiger partial charge on any atom is -0.459 e. The molecule has 2 N–H and O–H groups in total. The first kappa shape index (κ1) is 11.4. The van der Waals surface area contributed by atoms with Crippen molar-refractivity contribution in [3.63, 3.8) is 0 Å². The number of nitrogens with one attached hydrogen (secondary N) is 1. The quantitative estimate of drug-likeness (QED) is 0.853. The molecule has 0 radical (unpaired) electrons. The number of aliphatic hydroxyl groups is 1. The Balaban J connectivity index is 2.07. The summed E-state index contributed by atoms with van der Waals surface area (Å²) in [5.41, 5.74) is 1.47. The molecule has 1 aromatic heterocycles. The van der Waals surface area contributed by atoms with Crippen molar-refractivity contribution >= 4 is 11.6 Å². The van der Waals surface area contributed by atoms with E-state index in [4.69, 9.17) is 4.42 Å². The maximum Gasteiger partial charge on any atom is 0.291 e. The number of aliphatic hydroxyl groups excluding tert-OH is 1. The van der Waals surface area contributed by atoms with Crippen molar-refractivity contribution in [2.45, 2.75) is 13.0 Å². The first-order valence-electron chi connectivity index (χ1n) is 5.29. The van der Waals surface area contributed by atoms with Crippen molar-refractivity contribution in [2.75, 3.05) is 5.32 Å². The third-order valence-electron chi connectivity index (χ3n) is 2.40. The second-order valence-electron chi connectivity index (χ2n) is 3.73. The number of furan rings is 1. The fourth-order valence-electron chi connectivity index (χ4n) is 1.45. The molecule has 17 heavy (non-hydrogen) atoms. The van der Waals surface area contributed by atoms with Gasteiger partial charge in [-0.25, -0.2) is 0 Å². The predicted molar refractivity (Wildman–Crippen MR) is 63.7 cm³/mol. The molecule has 0 saturated heterocycles. The van der Waals surface area contributed by atoms with Gasteiger partial charge in [-0.15, -0.1) is 0 Å². The van der Waals surface area contributed by atoms with Gasteiger partial charge in [0.2, 0.25) is 0 Å². The van der Waals surface area contributed by atoms with Gasteiger partial charge in [0, 0.05) is 5.69 Å². The standard InChI is InChI=1S/C13H13NO3/c1-9(15)10-4-6-11(7-5-10)14-13(16)12-3-2-8-17-12/h2-9,15H,1H3,(H,14,16)/t9-/m0/s1. The number of carbonyl (C=O) groups excluding carboxylic acids is 1. The molecule has 0 saturated carbocycles. The van der Waals surface area contributed by atoms with E-state index in [1.54, 1.807) is 43.3 Å². The van der Waals surface area contributed by atoms with E-state index in [0.717, 1.165) is 5.56 Å². The topological polar surface area (TPSA) is 62.5 Å². The first-order chi connectivity index (χ1) is 8.16. The smallest absolute Gasteiger partial charge is 0.291 e. The number of benzene rings is 1. The van der Waals surface area contributed by atoms with E-state index in [-0.39, 0.29) is 11.7 Å². The molecule has 4 heteroatoms. The van der Waals surface area contributed by atoms with Crippen molar-refractivity contribution in [1.82, 2.24) is 0 Å². The van der Waals surface area contributed by atoms with Gasteiger partial charge in [0.25, 0.3) is 5.91 Å². The monoisotopic (exact) mass is 231 g/mol. The molecule has 88 valence electrons. The van der Waals surface area contributed by atoms with E-state index >= 15 is 0 Å². The van der Waals surface area contributed by atoms with E-state index in [0.29, 0.717) is 5.69 Å². The zero-order valence-electron chi connectivity index (χ0n) is 9.38. The normalized spacial score (nSPS) is 12.1. The molecule has 1 amide bonds. The Kier molecular flexibility index (Phi) is 3.25. The van der Waals surface area contributed by atoms with Gasteiger partial charge in [-0.3, -0.25) is 4.79 Å². The summed E-state index contributed by atoms with van der Waals surface area (Å²) in [6.45, 7) is 1.69. The van der Waals surface area contributed by atoms with Crippen molar-refractivity contribution in [2.24, 2.45) is 0 Å². The number of amides is 1. The molecule has 0 aliphatic heterocycles. The molecule has 0 aliphatic carbocycles. The van der Waals surface area contributed by atoms with Gasteiger partial charge >= 0.3 is 0 Å². The summed E-state index contributed by atoms with van der Waals surface area (Å²) in [6.07, 6.45) is 0.940. The van der Waals surface area contributed by atoms with Crippen molar-refractivity contribution < 1.29 is 14.3 Å². The highest BCUT2D eigenvalue weighted by Crippen LogP contribution is 2.16. The lowest BCUT2D eigenvalue weighted by Gasteiger charge is -2.06. The number of hydrogen-bond acceptors (Lipinski definition) is 3. The lowest BCUT2D eigenvalue weighted by atomic mass is 10.1. The van der Waals surface area contributed by atoms with E-state index in [9.17, 15) is 9.90 Å². The second-order valence-corrected chi connectivity index (χ2v) is 3.73. The molecule has 4 nitrogen and oxygen atoms in total. The molecule has 2 aromatic rings. The van der Waals surface area contributed by atoms with E-state index in [2.05, 4.69) is 5.32 Å². The Hall–Kier alpha value is -2.07. The summed E-state index contributed by atoms with van der Waals surface area (Å²) in [4.78, 5) is 11.6. The highest BCUT2D eigenvalue weighted by atomic mass is 16.3. The molecule has 1 heterocycles. The fraction of sp³-hybridized carbons (Fsp3) is 0.154. The lowest BCUT2D eigenvalue weighted by molar-refractivity contribution is 0.0996. The number of carbonyl (C=O) groups is 1. The average molecular weight is 231 g/mol. The average Bonchev–Trinajstić information content (AvgIpc) is 2.83. The van der Waals surface area contributed by atoms with Gasteiger partial charge in [0.15, 0.2) is 5.76 Å². The summed E-state index contributed by atoms with van der Waals surface area (Å²) in [5.74, 6) is -0.0237. The Morgan fingerprint density at radius 1 is 1.29 bits per heavy atom. The predicted octanol–water partition coefficient (Wildman–Crippen LogP) is 2.59. The van der Waals surface area contributed by atoms with Crippen molar-refractivity contribution in [3.8, 4) is 0 Å². The molecule has 1 atom stereocenters. The molecule has 0 fully saturated rings. The van der Waals surface area contributed by atoms with Crippen LogP contribution in [0.15, 0.2) is 47.1 Å². The number of hydrogen-bond donors (Lipinski definition) is 2. The SMILES string of the molecule is C[C@H](O)c1ccc(NC(=O)c2ccco2)cc1. The zero-order valence-corrected chi connectivity index (χ0v) is 9.38. The van der Waals surface area contributed by atoms with Crippen LogP contribution in [-0.4, -0.2) is 11.0 Å². The van der Waals surface area contributed by atoms with E-state index in [1.807, 2.05) is 0 Å². The van der Waals surface area contributed by atoms with Crippen LogP contribution in [0.3, 0.4) is 0 Å². The number of anilines is 1. The van der Waals surface area contributed by atoms with Gasteiger partial charge in [-0.2, -0.15) is 0 Å². The third-order valence-corrected chi connectivity index (χ3v) is 2.40. The summed E-state index contributed by atoms with van der Waals surface area (Å²) in [7, 11) is 0. The maximum atomic E-state index is 11.6. The molecule has 0 aliphatic rings. The van der Waals surface area contributed by atoms with Crippen LogP contribution in [0.4, 0.5) is 5.69 Å². The van der Waals surface area contributed by atoms with Gasteiger partial charge < -0.3 is 14.8 Å². The Labute approximate surface area is 98.9 Å². The maximum absolute atomic E-state index is 11.6. The van der Waals surface area contributed by atoms with Crippen molar-refractivity contribution in [1.29, 1.82) is 0 Å². The zero-order chi connectivity index (χ0) is 12.3. The highest BCUT2D eigenvalue weighted by molar-refractivity contribution is 6.02. The molecule has 2 rings (SSSR count). The minimum atomic E-state index is -0.509. The molecule has 0 unspecified atom stereocenters. The summed E-state index contributed by atoms with van der Waals surface area (Å²) in [6, 6.07) is 10.3. The van der Waals surface area contributed by atoms with E-state index < -0.39 is 6.10 Å². The molecular weight excluding hydrogens is 218 g/mol. The fourth-order valence-corrected chi connectivity index (χ4v) is 1.45. The summed E-state index contributed by atoms with van der Waals surface area (Å²) in [5, 5.41) is 12.0. The molecular formula is C13H13NO3. The van der Waals surface area contributed by atoms with Crippen LogP contribution in [0.5, 0.6) is 0 Å². The highest BCUT2D eigenvalue weighted by Gasteiger charge is 2.08. The Bertz CT molecular complexity index is 486. The summed E-state index contributed by atoms with van der Waals surface area (Å²) < 4.78 is 4.98. The molecule has 0 bridgehead atoms. The third kappa shape index (κ3) is 2.73. The Morgan fingerprint density at radius 3 is 2.53 bits per heavy atom.